The van der Waals surface area contributed by atoms with Crippen LogP contribution in [-0.2, 0) is 36.3 Å². The lowest BCUT2D eigenvalue weighted by molar-refractivity contribution is -0.144. The maximum absolute atomic E-state index is 13.5. The molecular formula is C34H49F6N3O6. The van der Waals surface area contributed by atoms with Crippen LogP contribution in [0, 0.1) is 0 Å². The first-order valence-corrected chi connectivity index (χ1v) is 16.9. The molecule has 0 spiro atoms. The quantitative estimate of drug-likeness (QED) is 0.0589. The number of rotatable bonds is 24. The number of ketones is 1. The smallest absolute Gasteiger partial charge is 0.417 e. The van der Waals surface area contributed by atoms with E-state index in [9.17, 15) is 50.3 Å². The molecule has 0 heterocycles. The number of unbranched alkanes of at least 4 members (excludes halogenated alkanes) is 10. The minimum absolute atomic E-state index is 0.00215. The molecule has 1 aromatic rings. The summed E-state index contributed by atoms with van der Waals surface area (Å²) in [6.45, 7) is 2.76. The number of hydrogen-bond donors (Lipinski definition) is 3. The molecule has 1 aromatic carbocycles. The minimum atomic E-state index is -5.34. The van der Waals surface area contributed by atoms with Crippen molar-refractivity contribution in [3.63, 3.8) is 0 Å². The van der Waals surface area contributed by atoms with E-state index < -0.39 is 77.2 Å². The average Bonchev–Trinajstić information content (AvgIpc) is 3.02. The molecule has 0 unspecified atom stereocenters. The van der Waals surface area contributed by atoms with E-state index in [1.807, 2.05) is 6.92 Å². The fourth-order valence-electron chi connectivity index (χ4n) is 5.16. The van der Waals surface area contributed by atoms with Gasteiger partial charge in [-0.05, 0) is 31.4 Å². The van der Waals surface area contributed by atoms with Gasteiger partial charge in [0.05, 0.1) is 22.7 Å². The number of alkyl halides is 6. The fourth-order valence-corrected chi connectivity index (χ4v) is 5.16. The summed E-state index contributed by atoms with van der Waals surface area (Å²) < 4.78 is 85.8. The van der Waals surface area contributed by atoms with Gasteiger partial charge in [0.1, 0.15) is 6.04 Å². The van der Waals surface area contributed by atoms with Crippen LogP contribution < -0.4 is 16.4 Å². The Labute approximate surface area is 283 Å². The number of halogens is 6. The first-order chi connectivity index (χ1) is 23.0. The minimum Gasteiger partial charge on any atom is -0.454 e. The predicted molar refractivity (Wildman–Crippen MR) is 170 cm³/mol. The number of carbonyl (C=O) groups excluding carboxylic acids is 5. The molecule has 49 heavy (non-hydrogen) atoms. The van der Waals surface area contributed by atoms with Crippen molar-refractivity contribution in [2.75, 3.05) is 6.61 Å². The van der Waals surface area contributed by atoms with E-state index in [4.69, 9.17) is 5.73 Å². The molecule has 2 atom stereocenters. The Morgan fingerprint density at radius 1 is 0.694 bits per heavy atom. The molecule has 0 aromatic heterocycles. The van der Waals surface area contributed by atoms with Crippen molar-refractivity contribution in [1.29, 1.82) is 0 Å². The van der Waals surface area contributed by atoms with Gasteiger partial charge in [-0.25, -0.2) is 4.79 Å². The second-order valence-electron chi connectivity index (χ2n) is 12.0. The number of ether oxygens (including phenoxy) is 1. The standard InChI is InChI=1S/C34H49F6N3O6/c1-3-5-7-8-9-10-11-12-14-19-29(46)42-26(20-21-28(41)45)31(47)43-25(18-13-6-4-2)27(44)22-49-32(48)30-23(33(35,36)37)16-15-17-24(30)34(38,39)40/h15-17,25-26H,3-14,18-22H2,1-2H3,(H2,41,45)(H,42,46)(H,43,47)/t25-,26-/m0/s1. The van der Waals surface area contributed by atoms with Crippen LogP contribution in [0.15, 0.2) is 18.2 Å². The van der Waals surface area contributed by atoms with E-state index in [1.54, 1.807) is 0 Å². The Morgan fingerprint density at radius 3 is 1.71 bits per heavy atom. The van der Waals surface area contributed by atoms with Crippen LogP contribution in [0.25, 0.3) is 0 Å². The van der Waals surface area contributed by atoms with Crippen molar-refractivity contribution in [3.8, 4) is 0 Å². The second-order valence-corrected chi connectivity index (χ2v) is 12.0. The monoisotopic (exact) mass is 709 g/mol. The molecule has 0 saturated carbocycles. The fraction of sp³-hybridized carbons (Fsp3) is 0.676. The summed E-state index contributed by atoms with van der Waals surface area (Å²) in [5.41, 5.74) is -0.330. The summed E-state index contributed by atoms with van der Waals surface area (Å²) >= 11 is 0. The van der Waals surface area contributed by atoms with Gasteiger partial charge in [-0.15, -0.1) is 0 Å². The number of esters is 1. The lowest BCUT2D eigenvalue weighted by atomic mass is 10.00. The van der Waals surface area contributed by atoms with E-state index >= 15 is 0 Å². The number of amides is 3. The van der Waals surface area contributed by atoms with Crippen LogP contribution >= 0.6 is 0 Å². The van der Waals surface area contributed by atoms with Gasteiger partial charge in [-0.3, -0.25) is 19.2 Å². The number of Topliss-reactive ketones (excluding diaryl/α,β-unsaturated/α-hetero) is 1. The third-order valence-electron chi connectivity index (χ3n) is 7.86. The van der Waals surface area contributed by atoms with Gasteiger partial charge in [-0.1, -0.05) is 90.5 Å². The first kappa shape index (κ1) is 43.4. The molecule has 3 amide bonds. The van der Waals surface area contributed by atoms with Crippen LogP contribution in [0.2, 0.25) is 0 Å². The van der Waals surface area contributed by atoms with E-state index in [1.165, 1.54) is 19.3 Å². The van der Waals surface area contributed by atoms with E-state index in [-0.39, 0.29) is 37.8 Å². The summed E-state index contributed by atoms with van der Waals surface area (Å²) in [6, 6.07) is -1.56. The van der Waals surface area contributed by atoms with Gasteiger partial charge < -0.3 is 21.1 Å². The summed E-state index contributed by atoms with van der Waals surface area (Å²) in [7, 11) is 0. The van der Waals surface area contributed by atoms with Gasteiger partial charge in [0.15, 0.2) is 12.4 Å². The predicted octanol–water partition coefficient (Wildman–Crippen LogP) is 7.19. The Balaban J connectivity index is 2.98. The molecule has 0 bridgehead atoms. The van der Waals surface area contributed by atoms with Crippen molar-refractivity contribution in [2.24, 2.45) is 5.73 Å². The third-order valence-corrected chi connectivity index (χ3v) is 7.86. The summed E-state index contributed by atoms with van der Waals surface area (Å²) in [6.07, 6.45) is -0.0977. The van der Waals surface area contributed by atoms with Gasteiger partial charge in [-0.2, -0.15) is 26.3 Å². The maximum Gasteiger partial charge on any atom is 0.417 e. The van der Waals surface area contributed by atoms with E-state index in [0.717, 1.165) is 32.1 Å². The SMILES string of the molecule is CCCCCCCCCCCC(=O)N[C@@H](CCC(N)=O)C(=O)N[C@@H](CCCCC)C(=O)COC(=O)c1c(C(F)(F)F)cccc1C(F)(F)F. The van der Waals surface area contributed by atoms with Crippen molar-refractivity contribution in [1.82, 2.24) is 10.6 Å². The highest BCUT2D eigenvalue weighted by atomic mass is 19.4. The number of nitrogens with one attached hydrogen (secondary N) is 2. The van der Waals surface area contributed by atoms with Crippen molar-refractivity contribution < 1.29 is 55.1 Å². The Bertz CT molecular complexity index is 1190. The van der Waals surface area contributed by atoms with Gasteiger partial charge in [0.2, 0.25) is 17.7 Å². The molecule has 0 aliphatic rings. The van der Waals surface area contributed by atoms with Crippen LogP contribution in [-0.4, -0.2) is 48.2 Å². The summed E-state index contributed by atoms with van der Waals surface area (Å²) in [5.74, 6) is -5.07. The van der Waals surface area contributed by atoms with Crippen LogP contribution in [0.3, 0.4) is 0 Å². The third kappa shape index (κ3) is 17.0. The number of benzene rings is 1. The van der Waals surface area contributed by atoms with Crippen molar-refractivity contribution >= 4 is 29.5 Å². The molecule has 0 aliphatic heterocycles. The number of carbonyl (C=O) groups is 5. The summed E-state index contributed by atoms with van der Waals surface area (Å²) in [5, 5.41) is 4.99. The average molecular weight is 710 g/mol. The molecule has 0 aliphatic carbocycles. The van der Waals surface area contributed by atoms with Crippen molar-refractivity contribution in [2.45, 2.75) is 141 Å². The molecular weight excluding hydrogens is 660 g/mol. The molecule has 15 heteroatoms. The zero-order valence-electron chi connectivity index (χ0n) is 28.2. The highest BCUT2D eigenvalue weighted by Gasteiger charge is 2.43. The highest BCUT2D eigenvalue weighted by Crippen LogP contribution is 2.39. The normalized spacial score (nSPS) is 13.0. The maximum atomic E-state index is 13.5. The van der Waals surface area contributed by atoms with Gasteiger partial charge >= 0.3 is 18.3 Å². The molecule has 0 fully saturated rings. The van der Waals surface area contributed by atoms with Gasteiger partial charge in [0.25, 0.3) is 0 Å². The second kappa shape index (κ2) is 22.1. The molecule has 4 N–H and O–H groups in total. The number of primary amides is 1. The molecule has 9 nitrogen and oxygen atoms in total. The zero-order chi connectivity index (χ0) is 37.0. The molecule has 0 saturated heterocycles. The largest absolute Gasteiger partial charge is 0.454 e. The van der Waals surface area contributed by atoms with Crippen LogP contribution in [0.1, 0.15) is 138 Å². The lowest BCUT2D eigenvalue weighted by Crippen LogP contribution is -2.52. The zero-order valence-corrected chi connectivity index (χ0v) is 28.2. The summed E-state index contributed by atoms with van der Waals surface area (Å²) in [4.78, 5) is 63.0. The molecule has 1 rings (SSSR count). The number of hydrogen-bond acceptors (Lipinski definition) is 6. The van der Waals surface area contributed by atoms with Crippen LogP contribution in [0.5, 0.6) is 0 Å². The molecule has 0 radical (unpaired) electrons. The van der Waals surface area contributed by atoms with E-state index in [2.05, 4.69) is 22.3 Å². The lowest BCUT2D eigenvalue weighted by Gasteiger charge is -2.23. The highest BCUT2D eigenvalue weighted by molar-refractivity contribution is 5.97. The number of nitrogens with two attached hydrogens (primary N) is 1. The Morgan fingerprint density at radius 2 is 1.20 bits per heavy atom. The Hall–Kier alpha value is -3.65. The van der Waals surface area contributed by atoms with Crippen molar-refractivity contribution in [3.05, 3.63) is 34.9 Å². The molecule has 278 valence electrons. The van der Waals surface area contributed by atoms with Crippen LogP contribution in [0.4, 0.5) is 26.3 Å². The topological polar surface area (TPSA) is 145 Å². The Kier molecular flexibility index (Phi) is 19.6. The first-order valence-electron chi connectivity index (χ1n) is 16.9. The van der Waals surface area contributed by atoms with E-state index in [0.29, 0.717) is 31.7 Å². The van der Waals surface area contributed by atoms with Gasteiger partial charge in [0, 0.05) is 12.8 Å².